The zero-order valence-corrected chi connectivity index (χ0v) is 10.5. The summed E-state index contributed by atoms with van der Waals surface area (Å²) in [4.78, 5) is 0. The van der Waals surface area contributed by atoms with E-state index < -0.39 is 11.7 Å². The molecule has 0 bridgehead atoms. The van der Waals surface area contributed by atoms with Crippen LogP contribution in [0, 0.1) is 0 Å². The Labute approximate surface area is 109 Å². The van der Waals surface area contributed by atoms with Crippen LogP contribution in [0.15, 0.2) is 58.5 Å². The Morgan fingerprint density at radius 2 is 1.63 bits per heavy atom. The summed E-state index contributed by atoms with van der Waals surface area (Å²) in [7, 11) is 0. The number of halogens is 4. The fourth-order valence-corrected chi connectivity index (χ4v) is 2.11. The molecule has 0 spiro atoms. The van der Waals surface area contributed by atoms with Gasteiger partial charge in [0, 0.05) is 5.57 Å². The number of allylic oxidation sites excluding steroid dienone is 10. The molecule has 0 saturated carbocycles. The van der Waals surface area contributed by atoms with Gasteiger partial charge in [-0.05, 0) is 49.0 Å². The Morgan fingerprint density at radius 3 is 2.21 bits per heavy atom. The predicted octanol–water partition coefficient (Wildman–Crippen LogP) is 5.33. The Morgan fingerprint density at radius 1 is 0.947 bits per heavy atom. The first-order valence-corrected chi connectivity index (χ1v) is 6.08. The molecule has 2 rings (SSSR count). The van der Waals surface area contributed by atoms with Gasteiger partial charge in [-0.15, -0.1) is 0 Å². The summed E-state index contributed by atoms with van der Waals surface area (Å²) in [6, 6.07) is 0. The third-order valence-corrected chi connectivity index (χ3v) is 3.34. The van der Waals surface area contributed by atoms with E-state index in [-0.39, 0.29) is 12.2 Å². The average molecular weight is 270 g/mol. The van der Waals surface area contributed by atoms with Crippen molar-refractivity contribution >= 4 is 0 Å². The van der Waals surface area contributed by atoms with E-state index in [9.17, 15) is 17.6 Å². The lowest BCUT2D eigenvalue weighted by Gasteiger charge is -2.18. The van der Waals surface area contributed by atoms with E-state index in [2.05, 4.69) is 0 Å². The number of rotatable bonds is 1. The molecule has 0 radical (unpaired) electrons. The molecule has 0 aromatic heterocycles. The van der Waals surface area contributed by atoms with Gasteiger partial charge in [0.2, 0.25) is 0 Å². The van der Waals surface area contributed by atoms with E-state index in [4.69, 9.17) is 0 Å². The summed E-state index contributed by atoms with van der Waals surface area (Å²) in [5.74, 6) is -0.269. The molecular weight excluding hydrogens is 256 g/mol. The highest BCUT2D eigenvalue weighted by Gasteiger charge is 2.33. The van der Waals surface area contributed by atoms with E-state index in [1.807, 2.05) is 0 Å². The van der Waals surface area contributed by atoms with Gasteiger partial charge in [-0.2, -0.15) is 13.2 Å². The fourth-order valence-electron chi connectivity index (χ4n) is 2.11. The molecule has 2 aliphatic carbocycles. The van der Waals surface area contributed by atoms with Crippen molar-refractivity contribution in [3.63, 3.8) is 0 Å². The number of hydrogen-bond acceptors (Lipinski definition) is 0. The van der Waals surface area contributed by atoms with Gasteiger partial charge in [0.05, 0.1) is 0 Å². The van der Waals surface area contributed by atoms with E-state index in [1.54, 1.807) is 19.1 Å². The van der Waals surface area contributed by atoms with Crippen LogP contribution in [0.1, 0.15) is 26.2 Å². The minimum atomic E-state index is -4.25. The van der Waals surface area contributed by atoms with Crippen molar-refractivity contribution in [3.05, 3.63) is 58.5 Å². The first kappa shape index (κ1) is 13.8. The van der Waals surface area contributed by atoms with Gasteiger partial charge in [0.25, 0.3) is 0 Å². The smallest absolute Gasteiger partial charge is 0.207 e. The Hall–Kier alpha value is -1.58. The molecule has 0 aromatic rings. The van der Waals surface area contributed by atoms with Crippen LogP contribution in [-0.4, -0.2) is 6.18 Å². The highest BCUT2D eigenvalue weighted by atomic mass is 19.4. The minimum absolute atomic E-state index is 0.0123. The van der Waals surface area contributed by atoms with Crippen LogP contribution >= 0.6 is 0 Å². The molecule has 0 fully saturated rings. The summed E-state index contributed by atoms with van der Waals surface area (Å²) in [6.07, 6.45) is 4.05. The second-order valence-electron chi connectivity index (χ2n) is 4.68. The highest BCUT2D eigenvalue weighted by molar-refractivity contribution is 5.45. The molecule has 0 aromatic carbocycles. The van der Waals surface area contributed by atoms with E-state index in [0.29, 0.717) is 18.4 Å². The summed E-state index contributed by atoms with van der Waals surface area (Å²) in [5.41, 5.74) is 1.77. The number of alkyl halides is 3. The van der Waals surface area contributed by atoms with E-state index in [1.165, 1.54) is 12.2 Å². The van der Waals surface area contributed by atoms with Gasteiger partial charge in [-0.1, -0.05) is 24.3 Å². The van der Waals surface area contributed by atoms with Gasteiger partial charge in [-0.3, -0.25) is 0 Å². The van der Waals surface area contributed by atoms with Crippen LogP contribution in [0.3, 0.4) is 0 Å². The largest absolute Gasteiger partial charge is 0.412 e. The lowest BCUT2D eigenvalue weighted by Crippen LogP contribution is -2.13. The second kappa shape index (κ2) is 5.19. The molecule has 19 heavy (non-hydrogen) atoms. The zero-order valence-electron chi connectivity index (χ0n) is 10.5. The predicted molar refractivity (Wildman–Crippen MR) is 67.1 cm³/mol. The maximum atomic E-state index is 13.4. The van der Waals surface area contributed by atoms with Crippen molar-refractivity contribution in [3.8, 4) is 0 Å². The molecule has 102 valence electrons. The van der Waals surface area contributed by atoms with Crippen molar-refractivity contribution in [2.45, 2.75) is 32.4 Å². The van der Waals surface area contributed by atoms with Crippen molar-refractivity contribution in [2.75, 3.05) is 0 Å². The normalized spacial score (nSPS) is 20.8. The molecule has 2 aliphatic rings. The van der Waals surface area contributed by atoms with Gasteiger partial charge < -0.3 is 0 Å². The highest BCUT2D eigenvalue weighted by Crippen LogP contribution is 2.35. The van der Waals surface area contributed by atoms with Gasteiger partial charge in [0.1, 0.15) is 5.83 Å². The standard InChI is InChI=1S/C15H14F4/c1-10-2-3-11(6-9-14(10)16)12-4-7-13(8-5-12)15(17,18)19/h2-4,7,9H,5-6,8H2,1H3. The van der Waals surface area contributed by atoms with Crippen LogP contribution in [0.5, 0.6) is 0 Å². The topological polar surface area (TPSA) is 0 Å². The lowest BCUT2D eigenvalue weighted by molar-refractivity contribution is -0.0941. The van der Waals surface area contributed by atoms with Gasteiger partial charge >= 0.3 is 6.18 Å². The summed E-state index contributed by atoms with van der Waals surface area (Å²) in [5, 5.41) is 0. The van der Waals surface area contributed by atoms with Crippen LogP contribution in [0.2, 0.25) is 0 Å². The molecule has 0 heterocycles. The third kappa shape index (κ3) is 3.25. The third-order valence-electron chi connectivity index (χ3n) is 3.34. The molecule has 0 aliphatic heterocycles. The molecule has 0 nitrogen and oxygen atoms in total. The van der Waals surface area contributed by atoms with Crippen LogP contribution in [-0.2, 0) is 0 Å². The van der Waals surface area contributed by atoms with E-state index in [0.717, 1.165) is 17.2 Å². The first-order chi connectivity index (χ1) is 8.88. The van der Waals surface area contributed by atoms with Crippen molar-refractivity contribution in [1.82, 2.24) is 0 Å². The van der Waals surface area contributed by atoms with E-state index >= 15 is 0 Å². The van der Waals surface area contributed by atoms with Crippen LogP contribution in [0.25, 0.3) is 0 Å². The maximum Gasteiger partial charge on any atom is 0.412 e. The molecule has 4 heteroatoms. The zero-order chi connectivity index (χ0) is 14.0. The Bertz CT molecular complexity index is 525. The summed E-state index contributed by atoms with van der Waals surface area (Å²) >= 11 is 0. The lowest BCUT2D eigenvalue weighted by atomic mass is 9.91. The Balaban J connectivity index is 2.22. The molecule has 0 saturated heterocycles. The molecular formula is C15H14F4. The number of hydrogen-bond donors (Lipinski definition) is 0. The van der Waals surface area contributed by atoms with Gasteiger partial charge in [0.15, 0.2) is 0 Å². The Kier molecular flexibility index (Phi) is 3.78. The molecule has 0 N–H and O–H groups in total. The van der Waals surface area contributed by atoms with Gasteiger partial charge in [-0.25, -0.2) is 4.39 Å². The minimum Gasteiger partial charge on any atom is -0.207 e. The first-order valence-electron chi connectivity index (χ1n) is 6.08. The van der Waals surface area contributed by atoms with Crippen molar-refractivity contribution in [2.24, 2.45) is 0 Å². The van der Waals surface area contributed by atoms with Crippen LogP contribution in [0.4, 0.5) is 17.6 Å². The monoisotopic (exact) mass is 270 g/mol. The summed E-state index contributed by atoms with van der Waals surface area (Å²) < 4.78 is 50.9. The van der Waals surface area contributed by atoms with Crippen molar-refractivity contribution in [1.29, 1.82) is 0 Å². The fraction of sp³-hybridized carbons (Fsp3) is 0.333. The second-order valence-corrected chi connectivity index (χ2v) is 4.68. The quantitative estimate of drug-likeness (QED) is 0.565. The molecule has 0 amide bonds. The average Bonchev–Trinajstić information content (AvgIpc) is 2.52. The SMILES string of the molecule is CC1=CC=C(C2=CC=C(C(F)(F)F)CC2)CC=C1F. The molecule has 0 atom stereocenters. The van der Waals surface area contributed by atoms with Crippen molar-refractivity contribution < 1.29 is 17.6 Å². The molecule has 0 unspecified atom stereocenters. The maximum absolute atomic E-state index is 13.4. The summed E-state index contributed by atoms with van der Waals surface area (Å²) in [6.45, 7) is 1.67. The van der Waals surface area contributed by atoms with Crippen LogP contribution < -0.4 is 0 Å².